The van der Waals surface area contributed by atoms with Gasteiger partial charge in [0.25, 0.3) is 0 Å². The summed E-state index contributed by atoms with van der Waals surface area (Å²) >= 11 is 0. The first-order valence-electron chi connectivity index (χ1n) is 8.40. The van der Waals surface area contributed by atoms with Crippen molar-refractivity contribution in [3.05, 3.63) is 71.8 Å². The van der Waals surface area contributed by atoms with Gasteiger partial charge < -0.3 is 4.74 Å². The third kappa shape index (κ3) is 4.99. The van der Waals surface area contributed by atoms with Crippen molar-refractivity contribution in [3.8, 4) is 0 Å². The van der Waals surface area contributed by atoms with Gasteiger partial charge in [0.2, 0.25) is 0 Å². The van der Waals surface area contributed by atoms with E-state index in [9.17, 15) is 0 Å². The molecule has 0 N–H and O–H groups in total. The average Bonchev–Trinajstić information content (AvgIpc) is 2.56. The highest BCUT2D eigenvalue weighted by Crippen LogP contribution is 2.26. The van der Waals surface area contributed by atoms with Crippen molar-refractivity contribution in [1.29, 1.82) is 0 Å². The van der Waals surface area contributed by atoms with E-state index in [1.807, 2.05) is 6.07 Å². The Labute approximate surface area is 135 Å². The van der Waals surface area contributed by atoms with E-state index in [2.05, 4.69) is 75.4 Å². The van der Waals surface area contributed by atoms with Gasteiger partial charge in [0, 0.05) is 0 Å². The van der Waals surface area contributed by atoms with Crippen LogP contribution in [0.2, 0.25) is 0 Å². The predicted molar refractivity (Wildman–Crippen MR) is 93.8 cm³/mol. The Hall–Kier alpha value is -1.60. The summed E-state index contributed by atoms with van der Waals surface area (Å²) in [5, 5.41) is 0. The largest absolute Gasteiger partial charge is 0.373 e. The fourth-order valence-corrected chi connectivity index (χ4v) is 3.00. The molecule has 118 valence electrons. The summed E-state index contributed by atoms with van der Waals surface area (Å²) in [5.74, 6) is 1.16. The van der Waals surface area contributed by atoms with Crippen molar-refractivity contribution in [2.24, 2.45) is 11.8 Å². The van der Waals surface area contributed by atoms with Gasteiger partial charge in [0.15, 0.2) is 0 Å². The molecule has 0 saturated carbocycles. The molecule has 2 aromatic carbocycles. The van der Waals surface area contributed by atoms with Crippen LogP contribution in [0.25, 0.3) is 0 Å². The molecule has 0 fully saturated rings. The molecule has 1 nitrogen and oxygen atoms in total. The van der Waals surface area contributed by atoms with E-state index < -0.39 is 0 Å². The lowest BCUT2D eigenvalue weighted by atomic mass is 9.83. The summed E-state index contributed by atoms with van der Waals surface area (Å²) in [7, 11) is 0. The second-order valence-electron chi connectivity index (χ2n) is 6.34. The molecule has 2 atom stereocenters. The topological polar surface area (TPSA) is 9.23 Å². The van der Waals surface area contributed by atoms with E-state index in [-0.39, 0.29) is 0 Å². The molecule has 0 aliphatic heterocycles. The molecule has 0 spiro atoms. The third-order valence-corrected chi connectivity index (χ3v) is 4.36. The minimum absolute atomic E-state index is 0.306. The van der Waals surface area contributed by atoms with Crippen molar-refractivity contribution >= 4 is 0 Å². The highest BCUT2D eigenvalue weighted by molar-refractivity contribution is 5.16. The van der Waals surface area contributed by atoms with Gasteiger partial charge in [-0.3, -0.25) is 0 Å². The van der Waals surface area contributed by atoms with Crippen molar-refractivity contribution < 1.29 is 4.74 Å². The zero-order chi connectivity index (χ0) is 15.8. The molecule has 2 rings (SSSR count). The van der Waals surface area contributed by atoms with Crippen molar-refractivity contribution in [2.45, 2.75) is 46.3 Å². The molecular formula is C21H28O. The van der Waals surface area contributed by atoms with Crippen LogP contribution in [-0.2, 0) is 17.8 Å². The van der Waals surface area contributed by atoms with Crippen LogP contribution in [0.15, 0.2) is 60.7 Å². The smallest absolute Gasteiger partial charge is 0.0720 e. The Balaban J connectivity index is 2.01. The number of rotatable bonds is 8. The van der Waals surface area contributed by atoms with E-state index in [4.69, 9.17) is 4.74 Å². The Kier molecular flexibility index (Phi) is 6.67. The highest BCUT2D eigenvalue weighted by Gasteiger charge is 2.24. The van der Waals surface area contributed by atoms with Gasteiger partial charge >= 0.3 is 0 Å². The first kappa shape index (κ1) is 16.8. The molecular weight excluding hydrogens is 268 g/mol. The number of ether oxygens (including phenoxy) is 1. The number of hydrogen-bond donors (Lipinski definition) is 0. The maximum absolute atomic E-state index is 6.27. The summed E-state index contributed by atoms with van der Waals surface area (Å²) in [6.45, 7) is 7.55. The second kappa shape index (κ2) is 8.75. The fraction of sp³-hybridized carbons (Fsp3) is 0.429. The molecule has 0 unspecified atom stereocenters. The average molecular weight is 296 g/mol. The number of hydrogen-bond acceptors (Lipinski definition) is 1. The van der Waals surface area contributed by atoms with Crippen LogP contribution in [-0.4, -0.2) is 6.10 Å². The Morgan fingerprint density at radius 2 is 1.36 bits per heavy atom. The summed E-state index contributed by atoms with van der Waals surface area (Å²) < 4.78 is 6.27. The van der Waals surface area contributed by atoms with Crippen molar-refractivity contribution in [1.82, 2.24) is 0 Å². The molecule has 0 aliphatic rings. The quantitative estimate of drug-likeness (QED) is 0.625. The first-order chi connectivity index (χ1) is 10.7. The SMILES string of the molecule is CC[C@@H](OCc1ccccc1)[C@H](Cc1ccccc1)C(C)C. The monoisotopic (exact) mass is 296 g/mol. The van der Waals surface area contributed by atoms with E-state index in [1.165, 1.54) is 11.1 Å². The molecule has 0 heterocycles. The van der Waals surface area contributed by atoms with Crippen LogP contribution >= 0.6 is 0 Å². The van der Waals surface area contributed by atoms with Crippen molar-refractivity contribution in [3.63, 3.8) is 0 Å². The Morgan fingerprint density at radius 3 is 1.86 bits per heavy atom. The van der Waals surface area contributed by atoms with Crippen LogP contribution in [0.3, 0.4) is 0 Å². The van der Waals surface area contributed by atoms with Crippen molar-refractivity contribution in [2.75, 3.05) is 0 Å². The van der Waals surface area contributed by atoms with E-state index in [0.29, 0.717) is 24.5 Å². The van der Waals surface area contributed by atoms with Gasteiger partial charge in [0.1, 0.15) is 0 Å². The van der Waals surface area contributed by atoms with Gasteiger partial charge in [-0.1, -0.05) is 81.4 Å². The van der Waals surface area contributed by atoms with Crippen LogP contribution in [0.1, 0.15) is 38.3 Å². The van der Waals surface area contributed by atoms with Gasteiger partial charge in [-0.05, 0) is 35.8 Å². The molecule has 22 heavy (non-hydrogen) atoms. The van der Waals surface area contributed by atoms with Crippen LogP contribution in [0, 0.1) is 11.8 Å². The maximum Gasteiger partial charge on any atom is 0.0720 e. The normalized spacial score (nSPS) is 14.0. The predicted octanol–water partition coefficient (Wildman–Crippen LogP) is 5.50. The maximum atomic E-state index is 6.27. The first-order valence-corrected chi connectivity index (χ1v) is 8.40. The van der Waals surface area contributed by atoms with E-state index >= 15 is 0 Å². The molecule has 0 bridgehead atoms. The Morgan fingerprint density at radius 1 is 0.818 bits per heavy atom. The van der Waals surface area contributed by atoms with Gasteiger partial charge in [-0.25, -0.2) is 0 Å². The lowest BCUT2D eigenvalue weighted by Crippen LogP contribution is -2.29. The summed E-state index contributed by atoms with van der Waals surface area (Å²) in [6, 6.07) is 21.2. The van der Waals surface area contributed by atoms with Gasteiger partial charge in [-0.2, -0.15) is 0 Å². The molecule has 0 radical (unpaired) electrons. The second-order valence-corrected chi connectivity index (χ2v) is 6.34. The molecule has 2 aromatic rings. The molecule has 1 heteroatoms. The standard InChI is InChI=1S/C21H28O/c1-4-21(22-16-19-13-9-6-10-14-19)20(17(2)3)15-18-11-7-5-8-12-18/h5-14,17,20-21H,4,15-16H2,1-3H3/t20-,21-/m1/s1. The minimum atomic E-state index is 0.306. The fourth-order valence-electron chi connectivity index (χ4n) is 3.00. The van der Waals surface area contributed by atoms with E-state index in [1.54, 1.807) is 0 Å². The third-order valence-electron chi connectivity index (χ3n) is 4.36. The van der Waals surface area contributed by atoms with E-state index in [0.717, 1.165) is 12.8 Å². The molecule has 0 amide bonds. The van der Waals surface area contributed by atoms with Crippen LogP contribution < -0.4 is 0 Å². The molecule has 0 saturated heterocycles. The molecule has 0 aromatic heterocycles. The summed E-state index contributed by atoms with van der Waals surface area (Å²) in [5.41, 5.74) is 2.66. The zero-order valence-corrected chi connectivity index (χ0v) is 14.0. The minimum Gasteiger partial charge on any atom is -0.373 e. The Bertz CT molecular complexity index is 518. The summed E-state index contributed by atoms with van der Waals surface area (Å²) in [4.78, 5) is 0. The summed E-state index contributed by atoms with van der Waals surface area (Å²) in [6.07, 6.45) is 2.45. The van der Waals surface area contributed by atoms with Gasteiger partial charge in [0.05, 0.1) is 12.7 Å². The lowest BCUT2D eigenvalue weighted by Gasteiger charge is -2.30. The number of benzene rings is 2. The zero-order valence-electron chi connectivity index (χ0n) is 14.0. The van der Waals surface area contributed by atoms with Gasteiger partial charge in [-0.15, -0.1) is 0 Å². The highest BCUT2D eigenvalue weighted by atomic mass is 16.5. The van der Waals surface area contributed by atoms with Crippen LogP contribution in [0.4, 0.5) is 0 Å². The molecule has 0 aliphatic carbocycles. The lowest BCUT2D eigenvalue weighted by molar-refractivity contribution is -0.0154. The van der Waals surface area contributed by atoms with Crippen LogP contribution in [0.5, 0.6) is 0 Å².